The van der Waals surface area contributed by atoms with E-state index in [0.717, 1.165) is 93.9 Å². The standard InChI is InChI=1S/C51H31N3O2/c1-4-15-32(16-5-1)35-21-12-22-36(29-35)50-52-49(34-19-8-3-9-20-34)53-51(54-50)42-27-14-25-39-38-24-13-26-40(47(38)56-48(39)42)43-30-37(33-17-6-2-7-18-33)31-45-46(43)41-23-10-11-28-44(41)55-45/h1-31H. The first-order valence-electron chi connectivity index (χ1n) is 18.7. The number of para-hydroxylation sites is 3. The van der Waals surface area contributed by atoms with Crippen molar-refractivity contribution in [3.05, 3.63) is 188 Å². The molecule has 262 valence electrons. The first kappa shape index (κ1) is 31.9. The maximum Gasteiger partial charge on any atom is 0.167 e. The molecule has 11 rings (SSSR count). The largest absolute Gasteiger partial charge is 0.456 e. The Hall–Kier alpha value is -7.63. The van der Waals surface area contributed by atoms with Crippen molar-refractivity contribution in [2.75, 3.05) is 0 Å². The van der Waals surface area contributed by atoms with Gasteiger partial charge >= 0.3 is 0 Å². The average molecular weight is 718 g/mol. The molecule has 8 aromatic carbocycles. The number of hydrogen-bond acceptors (Lipinski definition) is 5. The summed E-state index contributed by atoms with van der Waals surface area (Å²) >= 11 is 0. The van der Waals surface area contributed by atoms with Crippen LogP contribution in [0.2, 0.25) is 0 Å². The van der Waals surface area contributed by atoms with Crippen LogP contribution in [0.1, 0.15) is 0 Å². The minimum absolute atomic E-state index is 0.541. The van der Waals surface area contributed by atoms with Crippen molar-refractivity contribution in [3.63, 3.8) is 0 Å². The Balaban J connectivity index is 1.14. The Morgan fingerprint density at radius 2 is 0.804 bits per heavy atom. The SMILES string of the molecule is c1ccc(-c2cccc(-c3nc(-c4ccccc4)nc(-c4cccc5c4oc4c(-c6cc(-c7ccccc7)cc7oc8ccccc8c67)cccc45)n3)c2)cc1. The van der Waals surface area contributed by atoms with E-state index in [2.05, 4.69) is 127 Å². The van der Waals surface area contributed by atoms with E-state index in [9.17, 15) is 0 Å². The average Bonchev–Trinajstić information content (AvgIpc) is 3.86. The molecule has 0 saturated carbocycles. The fourth-order valence-electron chi connectivity index (χ4n) is 7.88. The van der Waals surface area contributed by atoms with E-state index >= 15 is 0 Å². The van der Waals surface area contributed by atoms with Gasteiger partial charge in [-0.15, -0.1) is 0 Å². The molecule has 3 aromatic heterocycles. The smallest absolute Gasteiger partial charge is 0.167 e. The first-order chi connectivity index (χ1) is 27.7. The summed E-state index contributed by atoms with van der Waals surface area (Å²) in [7, 11) is 0. The minimum Gasteiger partial charge on any atom is -0.456 e. The molecule has 5 heteroatoms. The van der Waals surface area contributed by atoms with Crippen LogP contribution in [0.5, 0.6) is 0 Å². The number of furan rings is 2. The number of nitrogens with zero attached hydrogens (tertiary/aromatic N) is 3. The monoisotopic (exact) mass is 717 g/mol. The highest BCUT2D eigenvalue weighted by Gasteiger charge is 2.22. The van der Waals surface area contributed by atoms with Crippen molar-refractivity contribution in [3.8, 4) is 67.5 Å². The molecule has 0 saturated heterocycles. The topological polar surface area (TPSA) is 65.0 Å². The number of hydrogen-bond donors (Lipinski definition) is 0. The van der Waals surface area contributed by atoms with Crippen LogP contribution in [-0.2, 0) is 0 Å². The van der Waals surface area contributed by atoms with Gasteiger partial charge in [0.15, 0.2) is 17.5 Å². The molecule has 0 spiro atoms. The van der Waals surface area contributed by atoms with Gasteiger partial charge in [0.2, 0.25) is 0 Å². The van der Waals surface area contributed by atoms with Crippen molar-refractivity contribution >= 4 is 43.9 Å². The van der Waals surface area contributed by atoms with Gasteiger partial charge in [0.1, 0.15) is 22.3 Å². The highest BCUT2D eigenvalue weighted by atomic mass is 16.3. The van der Waals surface area contributed by atoms with Gasteiger partial charge < -0.3 is 8.83 Å². The number of benzene rings is 8. The van der Waals surface area contributed by atoms with Crippen LogP contribution in [0.25, 0.3) is 111 Å². The fraction of sp³-hybridized carbons (Fsp3) is 0. The van der Waals surface area contributed by atoms with Crippen LogP contribution in [0, 0.1) is 0 Å². The molecule has 0 radical (unpaired) electrons. The maximum absolute atomic E-state index is 7.04. The molecule has 0 N–H and O–H groups in total. The van der Waals surface area contributed by atoms with E-state index in [-0.39, 0.29) is 0 Å². The van der Waals surface area contributed by atoms with E-state index in [1.165, 1.54) is 0 Å². The molecular weight excluding hydrogens is 687 g/mol. The Kier molecular flexibility index (Phi) is 7.42. The van der Waals surface area contributed by atoms with E-state index in [4.69, 9.17) is 23.8 Å². The molecule has 0 aliphatic carbocycles. The van der Waals surface area contributed by atoms with Crippen LogP contribution in [0.4, 0.5) is 0 Å². The predicted octanol–water partition coefficient (Wildman–Crippen LogP) is 13.7. The van der Waals surface area contributed by atoms with Gasteiger partial charge in [-0.25, -0.2) is 15.0 Å². The molecular formula is C51H31N3O2. The Morgan fingerprint density at radius 3 is 1.54 bits per heavy atom. The summed E-state index contributed by atoms with van der Waals surface area (Å²) in [5.41, 5.74) is 12.2. The highest BCUT2D eigenvalue weighted by molar-refractivity contribution is 6.19. The number of fused-ring (bicyclic) bond motifs is 6. The van der Waals surface area contributed by atoms with Crippen LogP contribution < -0.4 is 0 Å². The molecule has 0 atom stereocenters. The van der Waals surface area contributed by atoms with Crippen LogP contribution in [0.3, 0.4) is 0 Å². The van der Waals surface area contributed by atoms with Gasteiger partial charge in [-0.1, -0.05) is 158 Å². The lowest BCUT2D eigenvalue weighted by atomic mass is 9.93. The Morgan fingerprint density at radius 1 is 0.286 bits per heavy atom. The van der Waals surface area contributed by atoms with Gasteiger partial charge in [0.25, 0.3) is 0 Å². The lowest BCUT2D eigenvalue weighted by Crippen LogP contribution is -2.00. The lowest BCUT2D eigenvalue weighted by molar-refractivity contribution is 0.669. The van der Waals surface area contributed by atoms with Crippen molar-refractivity contribution in [1.29, 1.82) is 0 Å². The van der Waals surface area contributed by atoms with E-state index in [1.54, 1.807) is 0 Å². The van der Waals surface area contributed by atoms with Crippen LogP contribution >= 0.6 is 0 Å². The summed E-state index contributed by atoms with van der Waals surface area (Å²) in [5.74, 6) is 1.73. The molecule has 0 unspecified atom stereocenters. The normalized spacial score (nSPS) is 11.6. The number of aromatic nitrogens is 3. The molecule has 0 bridgehead atoms. The Labute approximate surface area is 322 Å². The zero-order valence-electron chi connectivity index (χ0n) is 30.1. The minimum atomic E-state index is 0.541. The second-order valence-corrected chi connectivity index (χ2v) is 13.9. The summed E-state index contributed by atoms with van der Waals surface area (Å²) in [6.45, 7) is 0. The van der Waals surface area contributed by atoms with Crippen molar-refractivity contribution < 1.29 is 8.83 Å². The van der Waals surface area contributed by atoms with Crippen LogP contribution in [-0.4, -0.2) is 15.0 Å². The second-order valence-electron chi connectivity index (χ2n) is 13.9. The first-order valence-corrected chi connectivity index (χ1v) is 18.7. The molecule has 5 nitrogen and oxygen atoms in total. The molecule has 56 heavy (non-hydrogen) atoms. The van der Waals surface area contributed by atoms with E-state index in [1.807, 2.05) is 60.7 Å². The van der Waals surface area contributed by atoms with Crippen molar-refractivity contribution in [1.82, 2.24) is 15.0 Å². The van der Waals surface area contributed by atoms with Crippen LogP contribution in [0.15, 0.2) is 197 Å². The maximum atomic E-state index is 7.04. The van der Waals surface area contributed by atoms with Gasteiger partial charge in [-0.05, 0) is 58.1 Å². The lowest BCUT2D eigenvalue weighted by Gasteiger charge is -2.10. The molecule has 3 heterocycles. The molecule has 0 aliphatic heterocycles. The van der Waals surface area contributed by atoms with Gasteiger partial charge in [-0.3, -0.25) is 0 Å². The Bertz CT molecular complexity index is 3240. The third kappa shape index (κ3) is 5.37. The van der Waals surface area contributed by atoms with Crippen molar-refractivity contribution in [2.45, 2.75) is 0 Å². The summed E-state index contributed by atoms with van der Waals surface area (Å²) in [6, 6.07) is 64.4. The zero-order valence-corrected chi connectivity index (χ0v) is 30.1. The molecule has 11 aromatic rings. The summed E-state index contributed by atoms with van der Waals surface area (Å²) in [5, 5.41) is 4.12. The van der Waals surface area contributed by atoms with Crippen molar-refractivity contribution in [2.24, 2.45) is 0 Å². The van der Waals surface area contributed by atoms with E-state index in [0.29, 0.717) is 17.5 Å². The van der Waals surface area contributed by atoms with E-state index < -0.39 is 0 Å². The van der Waals surface area contributed by atoms with Gasteiger partial charge in [0, 0.05) is 38.2 Å². The molecule has 0 amide bonds. The highest BCUT2D eigenvalue weighted by Crippen LogP contribution is 2.45. The zero-order chi connectivity index (χ0) is 37.0. The summed E-state index contributed by atoms with van der Waals surface area (Å²) < 4.78 is 13.5. The fourth-order valence-corrected chi connectivity index (χ4v) is 7.88. The van der Waals surface area contributed by atoms with Gasteiger partial charge in [0.05, 0.1) is 5.56 Å². The summed E-state index contributed by atoms with van der Waals surface area (Å²) in [6.07, 6.45) is 0. The predicted molar refractivity (Wildman–Crippen MR) is 227 cm³/mol. The number of rotatable bonds is 6. The molecule has 0 aliphatic rings. The van der Waals surface area contributed by atoms with Gasteiger partial charge in [-0.2, -0.15) is 0 Å². The molecule has 0 fully saturated rings. The summed E-state index contributed by atoms with van der Waals surface area (Å²) in [4.78, 5) is 15.3. The second kappa shape index (κ2) is 13.0. The quantitative estimate of drug-likeness (QED) is 0.171. The third-order valence-electron chi connectivity index (χ3n) is 10.5. The third-order valence-corrected chi connectivity index (χ3v) is 10.5.